The lowest BCUT2D eigenvalue weighted by Gasteiger charge is -1.91. The van der Waals surface area contributed by atoms with Gasteiger partial charge in [-0.05, 0) is 18.6 Å². The smallest absolute Gasteiger partial charge is 0.170 e. The van der Waals surface area contributed by atoms with Crippen molar-refractivity contribution in [2.45, 2.75) is 13.3 Å². The average molecular weight is 187 g/mol. The van der Waals surface area contributed by atoms with Gasteiger partial charge in [-0.1, -0.05) is 25.1 Å². The van der Waals surface area contributed by atoms with Crippen molar-refractivity contribution in [2.24, 2.45) is 7.05 Å². The van der Waals surface area contributed by atoms with Crippen molar-refractivity contribution in [3.63, 3.8) is 0 Å². The molecule has 0 radical (unpaired) electrons. The SMILES string of the molecule is CCc1cc(-c2ccccc2)[n+](C)[nH]1. The fraction of sp³-hybridized carbons (Fsp3) is 0.250. The third-order valence-corrected chi connectivity index (χ3v) is 2.43. The Bertz CT molecular complexity index is 415. The van der Waals surface area contributed by atoms with Crippen molar-refractivity contribution in [1.29, 1.82) is 0 Å². The summed E-state index contributed by atoms with van der Waals surface area (Å²) in [6.45, 7) is 2.15. The molecule has 14 heavy (non-hydrogen) atoms. The van der Waals surface area contributed by atoms with Crippen LogP contribution in [-0.4, -0.2) is 5.10 Å². The summed E-state index contributed by atoms with van der Waals surface area (Å²) in [5.74, 6) is 0. The Labute approximate surface area is 84.2 Å². The van der Waals surface area contributed by atoms with Crippen LogP contribution >= 0.6 is 0 Å². The van der Waals surface area contributed by atoms with E-state index in [0.29, 0.717) is 0 Å². The van der Waals surface area contributed by atoms with Gasteiger partial charge in [0.1, 0.15) is 0 Å². The van der Waals surface area contributed by atoms with Gasteiger partial charge in [0.05, 0.1) is 5.69 Å². The van der Waals surface area contributed by atoms with Crippen molar-refractivity contribution >= 4 is 0 Å². The first-order chi connectivity index (χ1) is 6.81. The summed E-state index contributed by atoms with van der Waals surface area (Å²) in [7, 11) is 2.04. The first-order valence-electron chi connectivity index (χ1n) is 4.94. The summed E-state index contributed by atoms with van der Waals surface area (Å²) in [5, 5.41) is 3.31. The van der Waals surface area contributed by atoms with Crippen LogP contribution in [0.3, 0.4) is 0 Å². The molecule has 0 unspecified atom stereocenters. The van der Waals surface area contributed by atoms with E-state index in [0.717, 1.165) is 6.42 Å². The van der Waals surface area contributed by atoms with Gasteiger partial charge < -0.3 is 0 Å². The van der Waals surface area contributed by atoms with Gasteiger partial charge >= 0.3 is 0 Å². The minimum Gasteiger partial charge on any atom is -0.170 e. The molecule has 0 bridgehead atoms. The normalized spacial score (nSPS) is 10.4. The Morgan fingerprint density at radius 2 is 1.93 bits per heavy atom. The molecule has 0 saturated heterocycles. The van der Waals surface area contributed by atoms with Crippen LogP contribution in [-0.2, 0) is 13.5 Å². The maximum Gasteiger partial charge on any atom is 0.238 e. The number of H-pyrrole nitrogens is 1. The zero-order chi connectivity index (χ0) is 9.97. The fourth-order valence-corrected chi connectivity index (χ4v) is 1.64. The fourth-order valence-electron chi connectivity index (χ4n) is 1.64. The summed E-state index contributed by atoms with van der Waals surface area (Å²) >= 11 is 0. The van der Waals surface area contributed by atoms with E-state index in [1.54, 1.807) is 0 Å². The van der Waals surface area contributed by atoms with E-state index in [-0.39, 0.29) is 0 Å². The molecular weight excluding hydrogens is 172 g/mol. The highest BCUT2D eigenvalue weighted by molar-refractivity contribution is 5.55. The molecule has 2 heteroatoms. The van der Waals surface area contributed by atoms with Crippen LogP contribution in [0.25, 0.3) is 11.3 Å². The van der Waals surface area contributed by atoms with Crippen LogP contribution in [0.5, 0.6) is 0 Å². The molecule has 1 heterocycles. The molecule has 2 rings (SSSR count). The van der Waals surface area contributed by atoms with Crippen LogP contribution in [0.1, 0.15) is 12.6 Å². The van der Waals surface area contributed by atoms with Gasteiger partial charge in [0, 0.05) is 11.6 Å². The number of aryl methyl sites for hydroxylation is 2. The third-order valence-electron chi connectivity index (χ3n) is 2.43. The lowest BCUT2D eigenvalue weighted by Crippen LogP contribution is -2.32. The maximum atomic E-state index is 3.31. The van der Waals surface area contributed by atoms with Crippen molar-refractivity contribution in [2.75, 3.05) is 0 Å². The van der Waals surface area contributed by atoms with E-state index >= 15 is 0 Å². The van der Waals surface area contributed by atoms with Gasteiger partial charge in [-0.3, -0.25) is 0 Å². The number of benzene rings is 1. The van der Waals surface area contributed by atoms with E-state index in [4.69, 9.17) is 0 Å². The van der Waals surface area contributed by atoms with Crippen molar-refractivity contribution in [3.8, 4) is 11.3 Å². The molecule has 72 valence electrons. The number of aromatic nitrogens is 2. The van der Waals surface area contributed by atoms with Crippen molar-refractivity contribution in [1.82, 2.24) is 5.10 Å². The van der Waals surface area contributed by atoms with Gasteiger partial charge in [-0.2, -0.15) is 5.10 Å². The molecule has 1 N–H and O–H groups in total. The second-order valence-electron chi connectivity index (χ2n) is 3.45. The van der Waals surface area contributed by atoms with Gasteiger partial charge in [0.15, 0.2) is 7.05 Å². The van der Waals surface area contributed by atoms with E-state index in [2.05, 4.69) is 47.0 Å². The monoisotopic (exact) mass is 187 g/mol. The molecule has 1 aromatic carbocycles. The zero-order valence-corrected chi connectivity index (χ0v) is 8.62. The molecule has 0 fully saturated rings. The number of nitrogens with one attached hydrogen (secondary N) is 1. The zero-order valence-electron chi connectivity index (χ0n) is 8.62. The minimum absolute atomic E-state index is 1.04. The summed E-state index contributed by atoms with van der Waals surface area (Å²) in [6, 6.07) is 12.6. The van der Waals surface area contributed by atoms with Crippen LogP contribution in [0.2, 0.25) is 0 Å². The molecule has 0 aliphatic rings. The first-order valence-corrected chi connectivity index (χ1v) is 4.94. The van der Waals surface area contributed by atoms with E-state index < -0.39 is 0 Å². The molecule has 0 atom stereocenters. The van der Waals surface area contributed by atoms with Crippen LogP contribution in [0.15, 0.2) is 36.4 Å². The summed E-state index contributed by atoms with van der Waals surface area (Å²) in [6.07, 6.45) is 1.04. The largest absolute Gasteiger partial charge is 0.238 e. The lowest BCUT2D eigenvalue weighted by atomic mass is 10.1. The second kappa shape index (κ2) is 3.66. The van der Waals surface area contributed by atoms with Crippen molar-refractivity contribution in [3.05, 3.63) is 42.1 Å². The summed E-state index contributed by atoms with van der Waals surface area (Å²) in [4.78, 5) is 0. The highest BCUT2D eigenvalue weighted by Gasteiger charge is 2.12. The summed E-state index contributed by atoms with van der Waals surface area (Å²) < 4.78 is 2.06. The second-order valence-corrected chi connectivity index (χ2v) is 3.45. The molecule has 2 nitrogen and oxygen atoms in total. The topological polar surface area (TPSA) is 19.7 Å². The Morgan fingerprint density at radius 1 is 1.21 bits per heavy atom. The molecule has 0 saturated carbocycles. The number of aromatic amines is 1. The van der Waals surface area contributed by atoms with Gasteiger partial charge in [-0.15, -0.1) is 4.68 Å². The van der Waals surface area contributed by atoms with Crippen molar-refractivity contribution < 1.29 is 4.68 Å². The Balaban J connectivity index is 2.46. The van der Waals surface area contributed by atoms with Crippen LogP contribution in [0.4, 0.5) is 0 Å². The molecule has 0 spiro atoms. The molecule has 0 amide bonds. The first kappa shape index (κ1) is 9.00. The minimum atomic E-state index is 1.04. The summed E-state index contributed by atoms with van der Waals surface area (Å²) in [5.41, 5.74) is 3.76. The van der Waals surface area contributed by atoms with E-state index in [1.807, 2.05) is 13.1 Å². The molecule has 1 aromatic heterocycles. The number of hydrogen-bond donors (Lipinski definition) is 1. The Morgan fingerprint density at radius 3 is 2.50 bits per heavy atom. The maximum absolute atomic E-state index is 3.31. The van der Waals surface area contributed by atoms with E-state index in [9.17, 15) is 0 Å². The standard InChI is InChI=1S/C12H14N2/c1-3-11-9-12(14(2)13-11)10-7-5-4-6-8-10/h4-9H,3H2,1-2H3/p+1. The Hall–Kier alpha value is -1.57. The van der Waals surface area contributed by atoms with Crippen LogP contribution in [0, 0.1) is 0 Å². The third kappa shape index (κ3) is 1.55. The predicted molar refractivity (Wildman–Crippen MR) is 56.8 cm³/mol. The van der Waals surface area contributed by atoms with Gasteiger partial charge in [-0.25, -0.2) is 0 Å². The predicted octanol–water partition coefficient (Wildman–Crippen LogP) is 2.07. The molecule has 2 aromatic rings. The highest BCUT2D eigenvalue weighted by atomic mass is 15.3. The quantitative estimate of drug-likeness (QED) is 0.694. The molecule has 0 aliphatic heterocycles. The van der Waals surface area contributed by atoms with Crippen LogP contribution < -0.4 is 4.68 Å². The number of nitrogens with zero attached hydrogens (tertiary/aromatic N) is 1. The van der Waals surface area contributed by atoms with Gasteiger partial charge in [0.2, 0.25) is 5.69 Å². The van der Waals surface area contributed by atoms with E-state index in [1.165, 1.54) is 17.0 Å². The lowest BCUT2D eigenvalue weighted by molar-refractivity contribution is -0.717. The average Bonchev–Trinajstić information content (AvgIpc) is 2.61. The number of hydrogen-bond acceptors (Lipinski definition) is 0. The Kier molecular flexibility index (Phi) is 2.35. The highest BCUT2D eigenvalue weighted by Crippen LogP contribution is 2.15. The molecular formula is C12H15N2+. The molecule has 0 aliphatic carbocycles. The van der Waals surface area contributed by atoms with Gasteiger partial charge in [0.25, 0.3) is 0 Å². The number of rotatable bonds is 2.